The van der Waals surface area contributed by atoms with Gasteiger partial charge in [0, 0.05) is 5.02 Å². The Hall–Kier alpha value is -1.55. The number of nitrogen functional groups attached to an aromatic ring is 1. The quantitative estimate of drug-likeness (QED) is 0.370. The van der Waals surface area contributed by atoms with Gasteiger partial charge in [-0.1, -0.05) is 11.6 Å². The number of hydrogen-bond donors (Lipinski definition) is 1. The number of rotatable bonds is 3. The third-order valence-electron chi connectivity index (χ3n) is 1.59. The highest BCUT2D eigenvalue weighted by molar-refractivity contribution is 6.30. The third-order valence-corrected chi connectivity index (χ3v) is 1.82. The van der Waals surface area contributed by atoms with E-state index in [0.717, 1.165) is 0 Å². The highest BCUT2D eigenvalue weighted by Gasteiger charge is 2.10. The number of ketones is 1. The van der Waals surface area contributed by atoms with Gasteiger partial charge in [-0.3, -0.25) is 9.59 Å². The summed E-state index contributed by atoms with van der Waals surface area (Å²) < 4.78 is 4.87. The number of benzene rings is 1. The molecule has 1 aromatic carbocycles. The van der Waals surface area contributed by atoms with Crippen LogP contribution in [0.3, 0.4) is 0 Å². The van der Waals surface area contributed by atoms with Crippen molar-refractivity contribution in [2.45, 2.75) is 13.3 Å². The molecule has 15 heavy (non-hydrogen) atoms. The summed E-state index contributed by atoms with van der Waals surface area (Å²) in [5.74, 6) is -0.672. The molecule has 0 radical (unpaired) electrons. The maximum Gasteiger partial charge on any atom is 0.318 e. The number of halogens is 1. The molecule has 0 saturated heterocycles. The molecule has 80 valence electrons. The number of carbonyl (C=O) groups is 2. The zero-order chi connectivity index (χ0) is 11.4. The molecule has 0 aromatic heterocycles. The van der Waals surface area contributed by atoms with Crippen LogP contribution in [0.2, 0.25) is 5.02 Å². The molecule has 2 N–H and O–H groups in total. The van der Waals surface area contributed by atoms with E-state index in [9.17, 15) is 9.59 Å². The minimum atomic E-state index is -0.628. The van der Waals surface area contributed by atoms with Crippen molar-refractivity contribution in [1.29, 1.82) is 0 Å². The zero-order valence-corrected chi connectivity index (χ0v) is 8.88. The van der Waals surface area contributed by atoms with Gasteiger partial charge in [0.1, 0.15) is 12.2 Å². The molecule has 0 atom stereocenters. The molecule has 0 unspecified atom stereocenters. The predicted octanol–water partition coefficient (Wildman–Crippen LogP) is 1.81. The summed E-state index contributed by atoms with van der Waals surface area (Å²) in [7, 11) is 0. The fraction of sp³-hybridized carbons (Fsp3) is 0.200. The first-order chi connectivity index (χ1) is 6.99. The van der Waals surface area contributed by atoms with Crippen LogP contribution in [0.1, 0.15) is 13.3 Å². The van der Waals surface area contributed by atoms with Gasteiger partial charge in [-0.05, 0) is 25.1 Å². The second-order valence-electron chi connectivity index (χ2n) is 3.04. The molecule has 1 rings (SSSR count). The Labute approximate surface area is 92.0 Å². The Morgan fingerprint density at radius 3 is 2.67 bits per heavy atom. The number of ether oxygens (including phenoxy) is 1. The Morgan fingerprint density at radius 2 is 2.13 bits per heavy atom. The van der Waals surface area contributed by atoms with Crippen LogP contribution in [-0.2, 0) is 9.59 Å². The average molecular weight is 228 g/mol. The summed E-state index contributed by atoms with van der Waals surface area (Å²) in [5.41, 5.74) is 5.82. The first-order valence-corrected chi connectivity index (χ1v) is 4.62. The number of Topliss-reactive ketones (excluding diaryl/α,β-unsaturated/α-hetero) is 1. The molecule has 0 aliphatic carbocycles. The van der Waals surface area contributed by atoms with Gasteiger partial charge in [0.15, 0.2) is 5.75 Å². The predicted molar refractivity (Wildman–Crippen MR) is 56.8 cm³/mol. The van der Waals surface area contributed by atoms with E-state index in [0.29, 0.717) is 5.02 Å². The van der Waals surface area contributed by atoms with Crippen molar-refractivity contribution in [2.24, 2.45) is 0 Å². The number of anilines is 1. The fourth-order valence-electron chi connectivity index (χ4n) is 0.974. The van der Waals surface area contributed by atoms with Crippen molar-refractivity contribution in [2.75, 3.05) is 5.73 Å². The van der Waals surface area contributed by atoms with E-state index < -0.39 is 5.97 Å². The molecule has 4 nitrogen and oxygen atoms in total. The van der Waals surface area contributed by atoms with Crippen LogP contribution in [0.4, 0.5) is 5.69 Å². The van der Waals surface area contributed by atoms with Crippen LogP contribution in [0, 0.1) is 0 Å². The molecule has 0 fully saturated rings. The summed E-state index contributed by atoms with van der Waals surface area (Å²) in [6, 6.07) is 4.50. The number of carbonyl (C=O) groups excluding carboxylic acids is 2. The molecule has 0 saturated carbocycles. The normalized spacial score (nSPS) is 9.73. The summed E-state index contributed by atoms with van der Waals surface area (Å²) in [5, 5.41) is 0.457. The minimum Gasteiger partial charge on any atom is -0.424 e. The second kappa shape index (κ2) is 4.79. The van der Waals surface area contributed by atoms with Gasteiger partial charge < -0.3 is 10.5 Å². The molecular formula is C10H10ClNO3. The van der Waals surface area contributed by atoms with Crippen LogP contribution >= 0.6 is 11.6 Å². The summed E-state index contributed by atoms with van der Waals surface area (Å²) in [4.78, 5) is 21.8. The highest BCUT2D eigenvalue weighted by atomic mass is 35.5. The van der Waals surface area contributed by atoms with Crippen molar-refractivity contribution in [3.63, 3.8) is 0 Å². The largest absolute Gasteiger partial charge is 0.424 e. The maximum atomic E-state index is 11.1. The van der Waals surface area contributed by atoms with Crippen molar-refractivity contribution < 1.29 is 14.3 Å². The van der Waals surface area contributed by atoms with Gasteiger partial charge >= 0.3 is 5.97 Å². The average Bonchev–Trinajstić information content (AvgIpc) is 2.08. The van der Waals surface area contributed by atoms with Crippen molar-refractivity contribution in [3.05, 3.63) is 23.2 Å². The van der Waals surface area contributed by atoms with Crippen molar-refractivity contribution in [1.82, 2.24) is 0 Å². The lowest BCUT2D eigenvalue weighted by atomic mass is 10.3. The molecule has 1 aromatic rings. The molecule has 0 heterocycles. The van der Waals surface area contributed by atoms with Crippen LogP contribution in [0.25, 0.3) is 0 Å². The van der Waals surface area contributed by atoms with E-state index in [2.05, 4.69) is 0 Å². The lowest BCUT2D eigenvalue weighted by molar-refractivity contribution is -0.137. The molecule has 0 bridgehead atoms. The lowest BCUT2D eigenvalue weighted by Gasteiger charge is -2.06. The van der Waals surface area contributed by atoms with Crippen LogP contribution in [-0.4, -0.2) is 11.8 Å². The second-order valence-corrected chi connectivity index (χ2v) is 3.47. The van der Waals surface area contributed by atoms with Crippen molar-refractivity contribution >= 4 is 29.0 Å². The topological polar surface area (TPSA) is 69.4 Å². The number of esters is 1. The van der Waals surface area contributed by atoms with E-state index in [1.807, 2.05) is 0 Å². The standard InChI is InChI=1S/C10H10ClNO3/c1-6(13)4-10(14)15-9-3-2-7(11)5-8(9)12/h2-3,5H,4,12H2,1H3. The van der Waals surface area contributed by atoms with E-state index in [1.54, 1.807) is 6.07 Å². The monoisotopic (exact) mass is 227 g/mol. The zero-order valence-electron chi connectivity index (χ0n) is 8.12. The molecule has 0 aliphatic heterocycles. The van der Waals surface area contributed by atoms with Gasteiger partial charge in [-0.15, -0.1) is 0 Å². The third kappa shape index (κ3) is 3.59. The van der Waals surface area contributed by atoms with Crippen LogP contribution < -0.4 is 10.5 Å². The first-order valence-electron chi connectivity index (χ1n) is 4.24. The number of nitrogens with two attached hydrogens (primary N) is 1. The Bertz CT molecular complexity index is 404. The minimum absolute atomic E-state index is 0.214. The Balaban J connectivity index is 2.72. The summed E-state index contributed by atoms with van der Waals surface area (Å²) >= 11 is 5.66. The van der Waals surface area contributed by atoms with E-state index >= 15 is 0 Å². The van der Waals surface area contributed by atoms with Gasteiger partial charge in [0.05, 0.1) is 5.69 Å². The SMILES string of the molecule is CC(=O)CC(=O)Oc1ccc(Cl)cc1N. The van der Waals surface area contributed by atoms with Crippen LogP contribution in [0.15, 0.2) is 18.2 Å². The first kappa shape index (κ1) is 11.5. The molecule has 0 spiro atoms. The number of hydrogen-bond acceptors (Lipinski definition) is 4. The highest BCUT2D eigenvalue weighted by Crippen LogP contribution is 2.25. The Kier molecular flexibility index (Phi) is 3.68. The summed E-state index contributed by atoms with van der Waals surface area (Å²) in [6.45, 7) is 1.31. The van der Waals surface area contributed by atoms with Crippen LogP contribution in [0.5, 0.6) is 5.75 Å². The van der Waals surface area contributed by atoms with Gasteiger partial charge in [-0.2, -0.15) is 0 Å². The Morgan fingerprint density at radius 1 is 1.47 bits per heavy atom. The maximum absolute atomic E-state index is 11.1. The molecule has 0 aliphatic rings. The van der Waals surface area contributed by atoms with E-state index in [4.69, 9.17) is 22.1 Å². The van der Waals surface area contributed by atoms with E-state index in [-0.39, 0.29) is 23.6 Å². The van der Waals surface area contributed by atoms with Gasteiger partial charge in [-0.25, -0.2) is 0 Å². The molecule has 0 amide bonds. The molecule has 5 heteroatoms. The van der Waals surface area contributed by atoms with E-state index in [1.165, 1.54) is 19.1 Å². The lowest BCUT2D eigenvalue weighted by Crippen LogP contribution is -2.12. The molecular weight excluding hydrogens is 218 g/mol. The van der Waals surface area contributed by atoms with Crippen molar-refractivity contribution in [3.8, 4) is 5.75 Å². The summed E-state index contributed by atoms with van der Waals surface area (Å²) in [6.07, 6.45) is -0.262. The smallest absolute Gasteiger partial charge is 0.318 e. The fourth-order valence-corrected chi connectivity index (χ4v) is 1.15. The van der Waals surface area contributed by atoms with Gasteiger partial charge in [0.2, 0.25) is 0 Å². The van der Waals surface area contributed by atoms with Gasteiger partial charge in [0.25, 0.3) is 0 Å².